The van der Waals surface area contributed by atoms with E-state index in [2.05, 4.69) is 30.8 Å². The Balaban J connectivity index is 1.26. The van der Waals surface area contributed by atoms with E-state index < -0.39 is 0 Å². The molecule has 1 aliphatic heterocycles. The fraction of sp³-hybridized carbons (Fsp3) is 0.409. The summed E-state index contributed by atoms with van der Waals surface area (Å²) in [6.45, 7) is 2.25. The molecule has 0 unspecified atom stereocenters. The van der Waals surface area contributed by atoms with Gasteiger partial charge in [0, 0.05) is 24.7 Å². The molecular weight excluding hydrogens is 429 g/mol. The molecule has 3 aromatic heterocycles. The van der Waals surface area contributed by atoms with Gasteiger partial charge in [-0.3, -0.25) is 9.78 Å². The quantitative estimate of drug-likeness (QED) is 0.506. The predicted molar refractivity (Wildman–Crippen MR) is 121 cm³/mol. The molecule has 0 radical (unpaired) electrons. The fourth-order valence-electron chi connectivity index (χ4n) is 4.38. The van der Waals surface area contributed by atoms with E-state index in [1.807, 2.05) is 12.1 Å². The van der Waals surface area contributed by atoms with Gasteiger partial charge in [-0.1, -0.05) is 17.8 Å². The highest BCUT2D eigenvalue weighted by atomic mass is 32.1. The summed E-state index contributed by atoms with van der Waals surface area (Å²) in [5, 5.41) is 16.7. The SMILES string of the molecule is O=CN(c1cnc(-c2ccc(NCC3(c4ncccc4F)CCC3)nn2)s1)[C@@H]1CCNC1. The third-order valence-electron chi connectivity index (χ3n) is 6.35. The molecule has 10 heteroatoms. The second kappa shape index (κ2) is 8.87. The lowest BCUT2D eigenvalue weighted by Gasteiger charge is -2.41. The molecule has 1 aliphatic carbocycles. The molecule has 32 heavy (non-hydrogen) atoms. The number of pyridine rings is 1. The van der Waals surface area contributed by atoms with Crippen molar-refractivity contribution in [1.82, 2.24) is 25.5 Å². The molecule has 0 bridgehead atoms. The van der Waals surface area contributed by atoms with Crippen LogP contribution in [-0.4, -0.2) is 52.3 Å². The van der Waals surface area contributed by atoms with E-state index >= 15 is 0 Å². The Kier molecular flexibility index (Phi) is 5.79. The zero-order chi connectivity index (χ0) is 22.0. The van der Waals surface area contributed by atoms with Crippen molar-refractivity contribution in [2.24, 2.45) is 0 Å². The summed E-state index contributed by atoms with van der Waals surface area (Å²) in [7, 11) is 0. The van der Waals surface area contributed by atoms with Gasteiger partial charge in [0.1, 0.15) is 27.3 Å². The molecule has 166 valence electrons. The van der Waals surface area contributed by atoms with E-state index in [1.54, 1.807) is 23.4 Å². The highest BCUT2D eigenvalue weighted by molar-refractivity contribution is 7.19. The Morgan fingerprint density at radius 3 is 2.84 bits per heavy atom. The second-order valence-electron chi connectivity index (χ2n) is 8.29. The Bertz CT molecular complexity index is 1080. The van der Waals surface area contributed by atoms with Crippen LogP contribution >= 0.6 is 11.3 Å². The summed E-state index contributed by atoms with van der Waals surface area (Å²) in [6, 6.07) is 6.94. The zero-order valence-electron chi connectivity index (χ0n) is 17.5. The first-order chi connectivity index (χ1) is 15.7. The van der Waals surface area contributed by atoms with Gasteiger partial charge in [0.05, 0.1) is 17.9 Å². The summed E-state index contributed by atoms with van der Waals surface area (Å²) in [4.78, 5) is 22.1. The van der Waals surface area contributed by atoms with Crippen LogP contribution in [-0.2, 0) is 10.2 Å². The van der Waals surface area contributed by atoms with Crippen molar-refractivity contribution in [3.8, 4) is 10.7 Å². The van der Waals surface area contributed by atoms with E-state index in [0.29, 0.717) is 28.8 Å². The van der Waals surface area contributed by atoms with Crippen LogP contribution in [0.3, 0.4) is 0 Å². The van der Waals surface area contributed by atoms with Crippen LogP contribution < -0.4 is 15.5 Å². The third-order valence-corrected chi connectivity index (χ3v) is 7.39. The largest absolute Gasteiger partial charge is 0.368 e. The monoisotopic (exact) mass is 453 g/mol. The van der Waals surface area contributed by atoms with E-state index in [1.165, 1.54) is 17.4 Å². The summed E-state index contributed by atoms with van der Waals surface area (Å²) < 4.78 is 14.3. The number of amides is 1. The molecule has 1 saturated carbocycles. The van der Waals surface area contributed by atoms with Crippen LogP contribution in [0.2, 0.25) is 0 Å². The maximum atomic E-state index is 14.3. The van der Waals surface area contributed by atoms with E-state index in [-0.39, 0.29) is 17.3 Å². The number of nitrogens with zero attached hydrogens (tertiary/aromatic N) is 5. The summed E-state index contributed by atoms with van der Waals surface area (Å²) in [5.74, 6) is 0.368. The fourth-order valence-corrected chi connectivity index (χ4v) is 5.30. The number of carbonyl (C=O) groups is 1. The van der Waals surface area contributed by atoms with Crippen molar-refractivity contribution in [1.29, 1.82) is 0 Å². The Labute approximate surface area is 189 Å². The van der Waals surface area contributed by atoms with Crippen LogP contribution in [0.25, 0.3) is 10.7 Å². The summed E-state index contributed by atoms with van der Waals surface area (Å²) >= 11 is 1.42. The lowest BCUT2D eigenvalue weighted by molar-refractivity contribution is -0.107. The first-order valence-corrected chi connectivity index (χ1v) is 11.6. The lowest BCUT2D eigenvalue weighted by atomic mass is 9.66. The molecule has 5 rings (SSSR count). The van der Waals surface area contributed by atoms with Gasteiger partial charge in [-0.2, -0.15) is 0 Å². The Hall–Kier alpha value is -2.98. The minimum absolute atomic E-state index is 0.154. The predicted octanol–water partition coefficient (Wildman–Crippen LogP) is 2.99. The Morgan fingerprint density at radius 1 is 1.28 bits per heavy atom. The summed E-state index contributed by atoms with van der Waals surface area (Å²) in [6.07, 6.45) is 8.00. The smallest absolute Gasteiger partial charge is 0.215 e. The third kappa shape index (κ3) is 3.95. The number of carbonyl (C=O) groups excluding carboxylic acids is 1. The van der Waals surface area contributed by atoms with Gasteiger partial charge in [-0.05, 0) is 50.1 Å². The number of halogens is 1. The molecule has 1 amide bonds. The molecule has 4 heterocycles. The minimum Gasteiger partial charge on any atom is -0.368 e. The van der Waals surface area contributed by atoms with Crippen LogP contribution in [0, 0.1) is 5.82 Å². The molecule has 2 aliphatic rings. The van der Waals surface area contributed by atoms with Gasteiger partial charge in [-0.15, -0.1) is 10.2 Å². The van der Waals surface area contributed by atoms with E-state index in [0.717, 1.165) is 50.2 Å². The maximum absolute atomic E-state index is 14.3. The van der Waals surface area contributed by atoms with Crippen molar-refractivity contribution in [2.45, 2.75) is 37.1 Å². The van der Waals surface area contributed by atoms with Crippen molar-refractivity contribution < 1.29 is 9.18 Å². The standard InChI is InChI=1S/C22H24FN7OS/c23-16-3-1-9-25-20(16)22(7-2-8-22)13-27-18-5-4-17(28-29-18)21-26-12-19(32-21)30(14-31)15-6-10-24-11-15/h1,3-5,9,12,14-15,24H,2,6-8,10-11,13H2,(H,27,29)/t15-/m1/s1. The molecule has 0 aromatic carbocycles. The molecule has 1 atom stereocenters. The first kappa shape index (κ1) is 20.9. The van der Waals surface area contributed by atoms with Crippen molar-refractivity contribution >= 4 is 28.6 Å². The van der Waals surface area contributed by atoms with Crippen molar-refractivity contribution in [3.63, 3.8) is 0 Å². The molecule has 0 spiro atoms. The molecule has 8 nitrogen and oxygen atoms in total. The lowest BCUT2D eigenvalue weighted by Crippen LogP contribution is -2.42. The van der Waals surface area contributed by atoms with Gasteiger partial charge < -0.3 is 15.5 Å². The average Bonchev–Trinajstić information content (AvgIpc) is 3.48. The first-order valence-electron chi connectivity index (χ1n) is 10.8. The van der Waals surface area contributed by atoms with E-state index in [9.17, 15) is 9.18 Å². The van der Waals surface area contributed by atoms with Gasteiger partial charge >= 0.3 is 0 Å². The van der Waals surface area contributed by atoms with Crippen LogP contribution in [0.15, 0.2) is 36.7 Å². The topological polar surface area (TPSA) is 95.9 Å². The van der Waals surface area contributed by atoms with Gasteiger partial charge in [0.25, 0.3) is 0 Å². The van der Waals surface area contributed by atoms with E-state index in [4.69, 9.17) is 0 Å². The summed E-state index contributed by atoms with van der Waals surface area (Å²) in [5.41, 5.74) is 0.871. The van der Waals surface area contributed by atoms with Crippen LogP contribution in [0.5, 0.6) is 0 Å². The number of hydrogen-bond donors (Lipinski definition) is 2. The Morgan fingerprint density at radius 2 is 2.19 bits per heavy atom. The normalized spacial score (nSPS) is 19.3. The molecule has 2 fully saturated rings. The molecule has 1 saturated heterocycles. The van der Waals surface area contributed by atoms with Gasteiger partial charge in [0.15, 0.2) is 0 Å². The van der Waals surface area contributed by atoms with Crippen molar-refractivity contribution in [3.05, 3.63) is 48.2 Å². The maximum Gasteiger partial charge on any atom is 0.215 e. The van der Waals surface area contributed by atoms with Gasteiger partial charge in [-0.25, -0.2) is 9.37 Å². The molecule has 2 N–H and O–H groups in total. The highest BCUT2D eigenvalue weighted by Crippen LogP contribution is 2.43. The van der Waals surface area contributed by atoms with Crippen molar-refractivity contribution in [2.75, 3.05) is 29.9 Å². The van der Waals surface area contributed by atoms with Crippen LogP contribution in [0.4, 0.5) is 15.2 Å². The number of anilines is 2. The average molecular weight is 454 g/mol. The van der Waals surface area contributed by atoms with Gasteiger partial charge in [0.2, 0.25) is 6.41 Å². The molecular formula is C22H24FN7OS. The number of nitrogens with one attached hydrogen (secondary N) is 2. The second-order valence-corrected chi connectivity index (χ2v) is 9.30. The molecule has 3 aromatic rings. The number of aromatic nitrogens is 4. The highest BCUT2D eigenvalue weighted by Gasteiger charge is 2.41. The number of rotatable bonds is 8. The van der Waals surface area contributed by atoms with Crippen LogP contribution in [0.1, 0.15) is 31.4 Å². The minimum atomic E-state index is -0.302. The number of thiazole rings is 1. The zero-order valence-corrected chi connectivity index (χ0v) is 18.3. The number of hydrogen-bond acceptors (Lipinski definition) is 8.